The maximum Gasteiger partial charge on any atom is 0.253 e. The van der Waals surface area contributed by atoms with Gasteiger partial charge in [-0.15, -0.1) is 0 Å². The minimum Gasteiger partial charge on any atom is -0.337 e. The molecule has 1 aliphatic carbocycles. The van der Waals surface area contributed by atoms with Crippen LogP contribution in [0.5, 0.6) is 0 Å². The molecule has 28 heavy (non-hydrogen) atoms. The Kier molecular flexibility index (Phi) is 5.72. The van der Waals surface area contributed by atoms with Crippen molar-refractivity contribution in [1.82, 2.24) is 9.80 Å². The molecule has 3 aliphatic rings. The van der Waals surface area contributed by atoms with E-state index in [1.54, 1.807) is 0 Å². The van der Waals surface area contributed by atoms with E-state index in [0.717, 1.165) is 56.2 Å². The lowest BCUT2D eigenvalue weighted by molar-refractivity contribution is -0.117. The van der Waals surface area contributed by atoms with Gasteiger partial charge < -0.3 is 9.80 Å². The van der Waals surface area contributed by atoms with Crippen molar-refractivity contribution in [3.63, 3.8) is 0 Å². The average molecular weight is 384 g/mol. The Bertz CT molecular complexity index is 711. The summed E-state index contributed by atoms with van der Waals surface area (Å²) in [6, 6.07) is 8.07. The van der Waals surface area contributed by atoms with Crippen molar-refractivity contribution in [3.05, 3.63) is 29.8 Å². The highest BCUT2D eigenvalue weighted by Crippen LogP contribution is 2.32. The van der Waals surface area contributed by atoms with Gasteiger partial charge in [0.05, 0.1) is 0 Å². The second-order valence-corrected chi connectivity index (χ2v) is 9.05. The van der Waals surface area contributed by atoms with Gasteiger partial charge in [-0.05, 0) is 61.8 Å². The Hall–Kier alpha value is -1.88. The number of rotatable bonds is 5. The molecular formula is C23H33N3O2. The van der Waals surface area contributed by atoms with Crippen LogP contribution in [0.3, 0.4) is 0 Å². The van der Waals surface area contributed by atoms with E-state index < -0.39 is 0 Å². The summed E-state index contributed by atoms with van der Waals surface area (Å²) < 4.78 is 0. The summed E-state index contributed by atoms with van der Waals surface area (Å²) in [7, 11) is 0. The number of amides is 2. The first-order chi connectivity index (χ1) is 13.5. The summed E-state index contributed by atoms with van der Waals surface area (Å²) in [4.78, 5) is 31.6. The summed E-state index contributed by atoms with van der Waals surface area (Å²) >= 11 is 0. The Balaban J connectivity index is 1.45. The molecule has 1 saturated carbocycles. The third-order valence-corrected chi connectivity index (χ3v) is 6.50. The summed E-state index contributed by atoms with van der Waals surface area (Å²) in [5, 5.41) is 0. The molecule has 4 rings (SSSR count). The third-order valence-electron chi connectivity index (χ3n) is 6.50. The van der Waals surface area contributed by atoms with Crippen LogP contribution in [0.25, 0.3) is 0 Å². The summed E-state index contributed by atoms with van der Waals surface area (Å²) in [6.45, 7) is 9.28. The van der Waals surface area contributed by atoms with Crippen LogP contribution < -0.4 is 4.90 Å². The first-order valence-corrected chi connectivity index (χ1v) is 11.0. The Morgan fingerprint density at radius 3 is 2.43 bits per heavy atom. The molecule has 1 atom stereocenters. The number of carbonyl (C=O) groups is 2. The number of benzene rings is 1. The molecule has 152 valence electrons. The van der Waals surface area contributed by atoms with Gasteiger partial charge in [-0.1, -0.05) is 13.8 Å². The fourth-order valence-corrected chi connectivity index (χ4v) is 4.63. The minimum absolute atomic E-state index is 0.123. The molecule has 0 spiro atoms. The van der Waals surface area contributed by atoms with E-state index in [-0.39, 0.29) is 11.8 Å². The van der Waals surface area contributed by atoms with Crippen LogP contribution >= 0.6 is 0 Å². The molecule has 2 aliphatic heterocycles. The van der Waals surface area contributed by atoms with Crippen molar-refractivity contribution < 1.29 is 9.59 Å². The zero-order valence-corrected chi connectivity index (χ0v) is 17.3. The van der Waals surface area contributed by atoms with Crippen molar-refractivity contribution in [2.75, 3.05) is 37.6 Å². The molecule has 3 fully saturated rings. The SMILES string of the molecule is CC(C)[C@@H]1CN(C(=O)c2ccc(N3CCCC3=O)cc2)CCCN1CC1CC1. The van der Waals surface area contributed by atoms with Crippen LogP contribution in [0, 0.1) is 11.8 Å². The first kappa shape index (κ1) is 19.4. The summed E-state index contributed by atoms with van der Waals surface area (Å²) in [5.41, 5.74) is 1.64. The maximum atomic E-state index is 13.2. The molecule has 0 N–H and O–H groups in total. The molecule has 0 bridgehead atoms. The normalized spacial score (nSPS) is 24.1. The average Bonchev–Trinajstić information content (AvgIpc) is 3.44. The smallest absolute Gasteiger partial charge is 0.253 e. The first-order valence-electron chi connectivity index (χ1n) is 11.0. The Labute approximate surface area is 168 Å². The topological polar surface area (TPSA) is 43.9 Å². The molecular weight excluding hydrogens is 350 g/mol. The lowest BCUT2D eigenvalue weighted by Crippen LogP contribution is -2.46. The third kappa shape index (κ3) is 4.24. The number of hydrogen-bond donors (Lipinski definition) is 0. The van der Waals surface area contributed by atoms with E-state index in [0.29, 0.717) is 18.4 Å². The van der Waals surface area contributed by atoms with Crippen molar-refractivity contribution >= 4 is 17.5 Å². The largest absolute Gasteiger partial charge is 0.337 e. The van der Waals surface area contributed by atoms with Crippen molar-refractivity contribution in [3.8, 4) is 0 Å². The highest BCUT2D eigenvalue weighted by molar-refractivity contribution is 5.97. The quantitative estimate of drug-likeness (QED) is 0.783. The molecule has 0 unspecified atom stereocenters. The minimum atomic E-state index is 0.123. The highest BCUT2D eigenvalue weighted by Gasteiger charge is 2.33. The zero-order chi connectivity index (χ0) is 19.7. The van der Waals surface area contributed by atoms with E-state index >= 15 is 0 Å². The van der Waals surface area contributed by atoms with Gasteiger partial charge in [-0.25, -0.2) is 0 Å². The number of nitrogens with zero attached hydrogens (tertiary/aromatic N) is 3. The lowest BCUT2D eigenvalue weighted by Gasteiger charge is -2.34. The van der Waals surface area contributed by atoms with Gasteiger partial charge in [0.25, 0.3) is 5.91 Å². The fraction of sp³-hybridized carbons (Fsp3) is 0.652. The van der Waals surface area contributed by atoms with E-state index in [9.17, 15) is 9.59 Å². The fourth-order valence-electron chi connectivity index (χ4n) is 4.63. The number of hydrogen-bond acceptors (Lipinski definition) is 3. The van der Waals surface area contributed by atoms with Crippen LogP contribution in [-0.4, -0.2) is 60.4 Å². The van der Waals surface area contributed by atoms with E-state index in [2.05, 4.69) is 18.7 Å². The van der Waals surface area contributed by atoms with Gasteiger partial charge in [0.2, 0.25) is 5.91 Å². The van der Waals surface area contributed by atoms with E-state index in [4.69, 9.17) is 0 Å². The molecule has 5 heteroatoms. The standard InChI is InChI=1S/C23H33N3O2/c1-17(2)21-16-25(13-4-12-24(21)15-18-6-7-18)23(28)19-8-10-20(11-9-19)26-14-3-5-22(26)27/h8-11,17-18,21H,3-7,12-16H2,1-2H3/t21-/m0/s1. The molecule has 0 radical (unpaired) electrons. The van der Waals surface area contributed by atoms with Gasteiger partial charge in [-0.3, -0.25) is 14.5 Å². The van der Waals surface area contributed by atoms with Gasteiger partial charge in [0.1, 0.15) is 0 Å². The summed E-state index contributed by atoms with van der Waals surface area (Å²) in [5.74, 6) is 1.72. The maximum absolute atomic E-state index is 13.2. The van der Waals surface area contributed by atoms with Crippen LogP contribution in [0.4, 0.5) is 5.69 Å². The van der Waals surface area contributed by atoms with E-state index in [1.807, 2.05) is 34.1 Å². The van der Waals surface area contributed by atoms with Crippen LogP contribution in [-0.2, 0) is 4.79 Å². The molecule has 1 aromatic rings. The van der Waals surface area contributed by atoms with Crippen molar-refractivity contribution in [1.29, 1.82) is 0 Å². The van der Waals surface area contributed by atoms with Gasteiger partial charge in [0.15, 0.2) is 0 Å². The van der Waals surface area contributed by atoms with Crippen LogP contribution in [0.1, 0.15) is 56.3 Å². The van der Waals surface area contributed by atoms with Crippen LogP contribution in [0.2, 0.25) is 0 Å². The molecule has 2 amide bonds. The Morgan fingerprint density at radius 2 is 1.82 bits per heavy atom. The molecule has 2 heterocycles. The lowest BCUT2D eigenvalue weighted by atomic mass is 10.0. The second kappa shape index (κ2) is 8.24. The van der Waals surface area contributed by atoms with Gasteiger partial charge >= 0.3 is 0 Å². The number of carbonyl (C=O) groups excluding carboxylic acids is 2. The zero-order valence-electron chi connectivity index (χ0n) is 17.3. The van der Waals surface area contributed by atoms with Crippen molar-refractivity contribution in [2.45, 2.75) is 52.0 Å². The Morgan fingerprint density at radius 1 is 1.07 bits per heavy atom. The number of anilines is 1. The van der Waals surface area contributed by atoms with Crippen LogP contribution in [0.15, 0.2) is 24.3 Å². The molecule has 1 aromatic carbocycles. The second-order valence-electron chi connectivity index (χ2n) is 9.05. The molecule has 2 saturated heterocycles. The van der Waals surface area contributed by atoms with Crippen molar-refractivity contribution in [2.24, 2.45) is 11.8 Å². The predicted molar refractivity (Wildman–Crippen MR) is 111 cm³/mol. The van der Waals surface area contributed by atoms with Gasteiger partial charge in [-0.2, -0.15) is 0 Å². The van der Waals surface area contributed by atoms with E-state index in [1.165, 1.54) is 19.4 Å². The monoisotopic (exact) mass is 383 g/mol. The molecule has 0 aromatic heterocycles. The summed E-state index contributed by atoms with van der Waals surface area (Å²) in [6.07, 6.45) is 5.33. The predicted octanol–water partition coefficient (Wildman–Crippen LogP) is 3.40. The van der Waals surface area contributed by atoms with Gasteiger partial charge in [0, 0.05) is 56.4 Å². The highest BCUT2D eigenvalue weighted by atomic mass is 16.2. The molecule has 5 nitrogen and oxygen atoms in total.